The second-order valence-corrected chi connectivity index (χ2v) is 6.90. The molecule has 0 heterocycles. The minimum atomic E-state index is -0.445. The van der Waals surface area contributed by atoms with Crippen molar-refractivity contribution in [2.45, 2.75) is 10.7 Å². The lowest BCUT2D eigenvalue weighted by Gasteiger charge is -2.12. The Bertz CT molecular complexity index is 429. The van der Waals surface area contributed by atoms with Gasteiger partial charge in [-0.15, -0.1) is 0 Å². The Hall–Kier alpha value is -0.330. The molecular formula is C12H11Br3O3. The molecule has 1 aromatic rings. The minimum Gasteiger partial charge on any atom is -0.462 e. The first-order valence-electron chi connectivity index (χ1n) is 5.14. The lowest BCUT2D eigenvalue weighted by molar-refractivity contribution is -0.138. The van der Waals surface area contributed by atoms with Crippen LogP contribution in [0.2, 0.25) is 0 Å². The van der Waals surface area contributed by atoms with Gasteiger partial charge in [-0.25, -0.2) is 4.79 Å². The van der Waals surface area contributed by atoms with Gasteiger partial charge >= 0.3 is 5.97 Å². The second kappa shape index (κ2) is 7.96. The summed E-state index contributed by atoms with van der Waals surface area (Å²) in [6.07, 6.45) is 0. The zero-order chi connectivity index (χ0) is 13.5. The molecule has 0 bridgehead atoms. The molecule has 98 valence electrons. The number of hydrogen-bond acceptors (Lipinski definition) is 3. The summed E-state index contributed by atoms with van der Waals surface area (Å²) in [4.78, 5) is 11.8. The van der Waals surface area contributed by atoms with Crippen molar-refractivity contribution in [1.29, 1.82) is 0 Å². The number of esters is 1. The Morgan fingerprint density at radius 2 is 1.89 bits per heavy atom. The number of halogens is 3. The fourth-order valence-corrected chi connectivity index (χ4v) is 3.09. The van der Waals surface area contributed by atoms with Crippen molar-refractivity contribution in [3.05, 3.63) is 40.6 Å². The molecule has 0 N–H and O–H groups in total. The average Bonchev–Trinajstić information content (AvgIpc) is 2.30. The molecule has 0 fully saturated rings. The van der Waals surface area contributed by atoms with Gasteiger partial charge in [0, 0.05) is 0 Å². The summed E-state index contributed by atoms with van der Waals surface area (Å²) in [5, 5.41) is 0. The van der Waals surface area contributed by atoms with E-state index in [1.165, 1.54) is 0 Å². The highest BCUT2D eigenvalue weighted by Crippen LogP contribution is 2.28. The molecule has 3 nitrogen and oxygen atoms in total. The van der Waals surface area contributed by atoms with Gasteiger partial charge in [0.15, 0.2) is 4.67 Å². The van der Waals surface area contributed by atoms with Crippen LogP contribution < -0.4 is 4.74 Å². The number of rotatable bonds is 5. The van der Waals surface area contributed by atoms with E-state index in [0.29, 0.717) is 22.6 Å². The average molecular weight is 443 g/mol. The molecule has 0 saturated carbocycles. The highest BCUT2D eigenvalue weighted by Gasteiger charge is 2.23. The molecule has 0 aliphatic heterocycles. The second-order valence-electron chi connectivity index (χ2n) is 3.12. The molecule has 1 aromatic carbocycles. The number of carbonyl (C=O) groups excluding carboxylic acids is 1. The Labute approximate surface area is 131 Å². The van der Waals surface area contributed by atoms with Gasteiger partial charge in [-0.2, -0.15) is 0 Å². The largest absolute Gasteiger partial charge is 0.462 e. The summed E-state index contributed by atoms with van der Waals surface area (Å²) >= 11 is 9.80. The van der Waals surface area contributed by atoms with E-state index in [4.69, 9.17) is 9.47 Å². The summed E-state index contributed by atoms with van der Waals surface area (Å²) < 4.78 is 10.4. The Morgan fingerprint density at radius 1 is 1.28 bits per heavy atom. The molecule has 0 aliphatic carbocycles. The molecule has 0 aromatic heterocycles. The number of hydrogen-bond donors (Lipinski definition) is 0. The van der Waals surface area contributed by atoms with E-state index in [-0.39, 0.29) is 3.74 Å². The molecule has 0 atom stereocenters. The van der Waals surface area contributed by atoms with Gasteiger partial charge in [-0.05, 0) is 35.0 Å². The lowest BCUT2D eigenvalue weighted by atomic mass is 10.3. The van der Waals surface area contributed by atoms with E-state index in [0.717, 1.165) is 0 Å². The van der Waals surface area contributed by atoms with Gasteiger partial charge in [0.25, 0.3) is 0 Å². The predicted molar refractivity (Wildman–Crippen MR) is 81.3 cm³/mol. The van der Waals surface area contributed by atoms with Crippen molar-refractivity contribution >= 4 is 53.8 Å². The molecule has 0 aliphatic rings. The Balaban J connectivity index is 2.94. The fraction of sp³-hybridized carbons (Fsp3) is 0.250. The lowest BCUT2D eigenvalue weighted by Crippen LogP contribution is -2.15. The van der Waals surface area contributed by atoms with E-state index in [9.17, 15) is 4.79 Å². The van der Waals surface area contributed by atoms with Crippen LogP contribution in [-0.2, 0) is 9.53 Å². The van der Waals surface area contributed by atoms with Gasteiger partial charge in [0.05, 0.1) is 6.61 Å². The number of alkyl halides is 2. The number of carbonyl (C=O) groups is 1. The summed E-state index contributed by atoms with van der Waals surface area (Å²) in [6.45, 7) is 2.06. The van der Waals surface area contributed by atoms with Crippen LogP contribution in [-0.4, -0.2) is 16.3 Å². The zero-order valence-corrected chi connectivity index (χ0v) is 14.3. The number of para-hydroxylation sites is 1. The van der Waals surface area contributed by atoms with Gasteiger partial charge in [-0.3, -0.25) is 0 Å². The third-order valence-corrected chi connectivity index (χ3v) is 3.38. The van der Waals surface area contributed by atoms with Crippen LogP contribution in [0, 0.1) is 0 Å². The number of ether oxygens (including phenoxy) is 2. The van der Waals surface area contributed by atoms with Gasteiger partial charge < -0.3 is 9.47 Å². The first-order valence-corrected chi connectivity index (χ1v) is 7.76. The molecule has 18 heavy (non-hydrogen) atoms. The first kappa shape index (κ1) is 15.7. The van der Waals surface area contributed by atoms with Crippen molar-refractivity contribution in [2.24, 2.45) is 0 Å². The highest BCUT2D eigenvalue weighted by molar-refractivity contribution is 9.24. The SMILES string of the molecule is CCOC(=O)/C(=C(\Br)Oc1ccccc1)C(Br)Br. The summed E-state index contributed by atoms with van der Waals surface area (Å²) in [5.41, 5.74) is 0.334. The standard InChI is InChI=1S/C12H11Br3O3/c1-2-17-12(16)9(10(13)14)11(15)18-8-6-4-3-5-7-8/h3-7,10H,2H2,1H3/b11-9+. The van der Waals surface area contributed by atoms with Crippen LogP contribution in [0.15, 0.2) is 40.6 Å². The summed E-state index contributed by atoms with van der Waals surface area (Å²) in [5.74, 6) is 0.186. The highest BCUT2D eigenvalue weighted by atomic mass is 79.9. The first-order chi connectivity index (χ1) is 8.56. The van der Waals surface area contributed by atoms with Crippen molar-refractivity contribution in [3.63, 3.8) is 0 Å². The third kappa shape index (κ3) is 4.74. The Morgan fingerprint density at radius 3 is 2.39 bits per heavy atom. The predicted octanol–water partition coefficient (Wildman–Crippen LogP) is 4.35. The van der Waals surface area contributed by atoms with Crippen LogP contribution in [0.3, 0.4) is 0 Å². The monoisotopic (exact) mass is 440 g/mol. The van der Waals surface area contributed by atoms with Crippen LogP contribution in [0.5, 0.6) is 5.75 Å². The van der Waals surface area contributed by atoms with Crippen molar-refractivity contribution in [1.82, 2.24) is 0 Å². The molecule has 0 radical (unpaired) electrons. The number of benzene rings is 1. The van der Waals surface area contributed by atoms with Crippen molar-refractivity contribution in [2.75, 3.05) is 6.61 Å². The fourth-order valence-electron chi connectivity index (χ4n) is 1.11. The van der Waals surface area contributed by atoms with Crippen LogP contribution in [0.1, 0.15) is 6.92 Å². The van der Waals surface area contributed by atoms with E-state index in [1.807, 2.05) is 18.2 Å². The molecule has 0 unspecified atom stereocenters. The molecule has 1 rings (SSSR count). The smallest absolute Gasteiger partial charge is 0.340 e. The maximum atomic E-state index is 11.8. The van der Waals surface area contributed by atoms with Crippen molar-refractivity contribution in [3.8, 4) is 5.75 Å². The van der Waals surface area contributed by atoms with Gasteiger partial charge in [0.2, 0.25) is 0 Å². The summed E-state index contributed by atoms with van der Waals surface area (Å²) in [6, 6.07) is 9.16. The van der Waals surface area contributed by atoms with Gasteiger partial charge in [0.1, 0.15) is 15.1 Å². The molecule has 0 spiro atoms. The van der Waals surface area contributed by atoms with Crippen molar-refractivity contribution < 1.29 is 14.3 Å². The van der Waals surface area contributed by atoms with Gasteiger partial charge in [-0.1, -0.05) is 50.1 Å². The van der Waals surface area contributed by atoms with Crippen LogP contribution in [0.25, 0.3) is 0 Å². The maximum absolute atomic E-state index is 11.8. The quantitative estimate of drug-likeness (QED) is 0.294. The van der Waals surface area contributed by atoms with Crippen LogP contribution >= 0.6 is 47.8 Å². The van der Waals surface area contributed by atoms with E-state index in [2.05, 4.69) is 47.8 Å². The molecule has 0 saturated heterocycles. The maximum Gasteiger partial charge on any atom is 0.340 e. The molecular weight excluding hydrogens is 432 g/mol. The van der Waals surface area contributed by atoms with E-state index < -0.39 is 5.97 Å². The summed E-state index contributed by atoms with van der Waals surface area (Å²) in [7, 11) is 0. The normalized spacial score (nSPS) is 12.1. The van der Waals surface area contributed by atoms with Crippen LogP contribution in [0.4, 0.5) is 0 Å². The molecule has 6 heteroatoms. The molecule has 0 amide bonds. The van der Waals surface area contributed by atoms with E-state index >= 15 is 0 Å². The minimum absolute atomic E-state index is 0.306. The topological polar surface area (TPSA) is 35.5 Å². The van der Waals surface area contributed by atoms with E-state index in [1.54, 1.807) is 19.1 Å². The Kier molecular flexibility index (Phi) is 6.96. The third-order valence-electron chi connectivity index (χ3n) is 1.88. The zero-order valence-electron chi connectivity index (χ0n) is 9.53.